The van der Waals surface area contributed by atoms with E-state index in [0.717, 1.165) is 32.4 Å². The summed E-state index contributed by atoms with van der Waals surface area (Å²) in [6, 6.07) is 0. The van der Waals surface area contributed by atoms with E-state index in [9.17, 15) is 9.59 Å². The van der Waals surface area contributed by atoms with Gasteiger partial charge in [-0.1, -0.05) is 0 Å². The molecule has 0 aliphatic heterocycles. The maximum atomic E-state index is 11.3. The molecule has 0 atom stereocenters. The molecule has 0 radical (unpaired) electrons. The van der Waals surface area contributed by atoms with Crippen molar-refractivity contribution in [1.82, 2.24) is 16.0 Å². The summed E-state index contributed by atoms with van der Waals surface area (Å²) in [5, 5.41) is 8.80. The zero-order chi connectivity index (χ0) is 15.0. The highest BCUT2D eigenvalue weighted by Gasteiger charge is 2.28. The molecule has 1 aliphatic carbocycles. The van der Waals surface area contributed by atoms with Crippen LogP contribution in [0.1, 0.15) is 40.0 Å². The minimum Gasteiger partial charge on any atom is -0.444 e. The lowest BCUT2D eigenvalue weighted by Gasteiger charge is -2.19. The average Bonchev–Trinajstić information content (AvgIpc) is 3.13. The van der Waals surface area contributed by atoms with Gasteiger partial charge in [-0.15, -0.1) is 0 Å². The Labute approximate surface area is 121 Å². The minimum absolute atomic E-state index is 0.179. The normalized spacial score (nSPS) is 14.8. The van der Waals surface area contributed by atoms with Gasteiger partial charge in [0.1, 0.15) is 5.60 Å². The van der Waals surface area contributed by atoms with Gasteiger partial charge >= 0.3 is 6.09 Å². The summed E-state index contributed by atoms with van der Waals surface area (Å²) in [5.41, 5.74) is -0.456. The molecule has 0 unspecified atom stereocenters. The van der Waals surface area contributed by atoms with Gasteiger partial charge in [-0.3, -0.25) is 4.79 Å². The van der Waals surface area contributed by atoms with Crippen molar-refractivity contribution in [1.29, 1.82) is 0 Å². The highest BCUT2D eigenvalue weighted by molar-refractivity contribution is 5.80. The fourth-order valence-corrected chi connectivity index (χ4v) is 1.61. The van der Waals surface area contributed by atoms with E-state index in [1.165, 1.54) is 0 Å². The number of rotatable bonds is 8. The van der Waals surface area contributed by atoms with Crippen LogP contribution in [0.15, 0.2) is 0 Å². The minimum atomic E-state index is -0.456. The number of carbonyl (C=O) groups excluding carboxylic acids is 2. The molecule has 0 spiro atoms. The van der Waals surface area contributed by atoms with E-state index in [2.05, 4.69) is 16.0 Å². The SMILES string of the molecule is CC(C)(C)OC(=O)NCCCNCCNC(=O)C1CC1. The van der Waals surface area contributed by atoms with E-state index in [0.29, 0.717) is 13.1 Å². The lowest BCUT2D eigenvalue weighted by molar-refractivity contribution is -0.122. The summed E-state index contributed by atoms with van der Waals surface area (Å²) in [6.45, 7) is 8.31. The van der Waals surface area contributed by atoms with E-state index in [1.807, 2.05) is 20.8 Å². The lowest BCUT2D eigenvalue weighted by Crippen LogP contribution is -2.35. The molecule has 3 N–H and O–H groups in total. The van der Waals surface area contributed by atoms with Gasteiger partial charge in [-0.2, -0.15) is 0 Å². The first kappa shape index (κ1) is 16.8. The second-order valence-corrected chi connectivity index (χ2v) is 6.10. The van der Waals surface area contributed by atoms with Crippen molar-refractivity contribution >= 4 is 12.0 Å². The molecule has 6 heteroatoms. The summed E-state index contributed by atoms with van der Waals surface area (Å²) < 4.78 is 5.12. The van der Waals surface area contributed by atoms with Crippen molar-refractivity contribution in [3.05, 3.63) is 0 Å². The Balaban J connectivity index is 1.84. The van der Waals surface area contributed by atoms with Crippen molar-refractivity contribution in [3.63, 3.8) is 0 Å². The van der Waals surface area contributed by atoms with Crippen LogP contribution in [0.25, 0.3) is 0 Å². The van der Waals surface area contributed by atoms with Crippen LogP contribution in [-0.2, 0) is 9.53 Å². The van der Waals surface area contributed by atoms with Crippen molar-refractivity contribution in [2.24, 2.45) is 5.92 Å². The Kier molecular flexibility index (Phi) is 6.78. The van der Waals surface area contributed by atoms with Crippen molar-refractivity contribution < 1.29 is 14.3 Å². The maximum absolute atomic E-state index is 11.3. The Morgan fingerprint density at radius 2 is 1.75 bits per heavy atom. The number of carbonyl (C=O) groups is 2. The number of nitrogens with one attached hydrogen (secondary N) is 3. The molecule has 0 saturated heterocycles. The molecule has 1 rings (SSSR count). The van der Waals surface area contributed by atoms with Crippen molar-refractivity contribution in [2.75, 3.05) is 26.2 Å². The van der Waals surface area contributed by atoms with E-state index in [4.69, 9.17) is 4.74 Å². The predicted molar refractivity (Wildman–Crippen MR) is 77.5 cm³/mol. The zero-order valence-corrected chi connectivity index (χ0v) is 12.8. The highest BCUT2D eigenvalue weighted by atomic mass is 16.6. The fourth-order valence-electron chi connectivity index (χ4n) is 1.61. The first-order valence-electron chi connectivity index (χ1n) is 7.34. The number of hydrogen-bond donors (Lipinski definition) is 3. The fraction of sp³-hybridized carbons (Fsp3) is 0.857. The van der Waals surface area contributed by atoms with Gasteiger partial charge in [0.25, 0.3) is 0 Å². The Morgan fingerprint density at radius 3 is 2.35 bits per heavy atom. The topological polar surface area (TPSA) is 79.5 Å². The molecule has 0 aromatic rings. The number of alkyl carbamates (subject to hydrolysis) is 1. The second kappa shape index (κ2) is 8.09. The first-order chi connectivity index (χ1) is 9.38. The zero-order valence-electron chi connectivity index (χ0n) is 12.8. The summed E-state index contributed by atoms with van der Waals surface area (Å²) in [6.07, 6.45) is 2.52. The third-order valence-corrected chi connectivity index (χ3v) is 2.75. The summed E-state index contributed by atoms with van der Waals surface area (Å²) in [7, 11) is 0. The van der Waals surface area contributed by atoms with E-state index in [-0.39, 0.29) is 17.9 Å². The highest BCUT2D eigenvalue weighted by Crippen LogP contribution is 2.28. The standard InChI is InChI=1S/C14H27N3O3/c1-14(2,3)20-13(19)17-8-4-7-15-9-10-16-12(18)11-5-6-11/h11,15H,4-10H2,1-3H3,(H,16,18)(H,17,19). The van der Waals surface area contributed by atoms with Gasteiger partial charge in [0.2, 0.25) is 5.91 Å². The molecule has 20 heavy (non-hydrogen) atoms. The molecule has 6 nitrogen and oxygen atoms in total. The number of hydrogen-bond acceptors (Lipinski definition) is 4. The molecule has 0 bridgehead atoms. The van der Waals surface area contributed by atoms with Crippen LogP contribution in [-0.4, -0.2) is 43.8 Å². The van der Waals surface area contributed by atoms with Crippen LogP contribution < -0.4 is 16.0 Å². The van der Waals surface area contributed by atoms with Crippen LogP contribution in [0.5, 0.6) is 0 Å². The van der Waals surface area contributed by atoms with Crippen molar-refractivity contribution in [2.45, 2.75) is 45.6 Å². The van der Waals surface area contributed by atoms with Gasteiger partial charge in [0.05, 0.1) is 0 Å². The molecule has 1 fully saturated rings. The van der Waals surface area contributed by atoms with Crippen LogP contribution >= 0.6 is 0 Å². The van der Waals surface area contributed by atoms with E-state index in [1.54, 1.807) is 0 Å². The molecule has 0 aromatic heterocycles. The second-order valence-electron chi connectivity index (χ2n) is 6.10. The van der Waals surface area contributed by atoms with Gasteiger partial charge in [-0.25, -0.2) is 4.79 Å². The smallest absolute Gasteiger partial charge is 0.407 e. The lowest BCUT2D eigenvalue weighted by atomic mass is 10.2. The molecular weight excluding hydrogens is 258 g/mol. The largest absolute Gasteiger partial charge is 0.444 e. The predicted octanol–water partition coefficient (Wildman–Crippen LogP) is 1.02. The van der Waals surface area contributed by atoms with E-state index < -0.39 is 5.60 Å². The van der Waals surface area contributed by atoms with Gasteiger partial charge in [0, 0.05) is 25.6 Å². The van der Waals surface area contributed by atoms with Gasteiger partial charge < -0.3 is 20.7 Å². The molecule has 1 aliphatic rings. The molecule has 1 saturated carbocycles. The van der Waals surface area contributed by atoms with Crippen LogP contribution in [0.4, 0.5) is 4.79 Å². The van der Waals surface area contributed by atoms with Gasteiger partial charge in [-0.05, 0) is 46.6 Å². The third-order valence-electron chi connectivity index (χ3n) is 2.75. The molecular formula is C14H27N3O3. The Bertz CT molecular complexity index is 322. The Hall–Kier alpha value is -1.30. The van der Waals surface area contributed by atoms with E-state index >= 15 is 0 Å². The summed E-state index contributed by atoms with van der Waals surface area (Å²) in [5.74, 6) is 0.450. The van der Waals surface area contributed by atoms with Crippen LogP contribution in [0, 0.1) is 5.92 Å². The third kappa shape index (κ3) is 8.74. The monoisotopic (exact) mass is 285 g/mol. The quantitative estimate of drug-likeness (QED) is 0.582. The number of amides is 2. The number of ether oxygens (including phenoxy) is 1. The molecule has 116 valence electrons. The summed E-state index contributed by atoms with van der Waals surface area (Å²) in [4.78, 5) is 22.7. The Morgan fingerprint density at radius 1 is 1.05 bits per heavy atom. The first-order valence-corrected chi connectivity index (χ1v) is 7.34. The summed E-state index contributed by atoms with van der Waals surface area (Å²) >= 11 is 0. The maximum Gasteiger partial charge on any atom is 0.407 e. The molecule has 2 amide bonds. The van der Waals surface area contributed by atoms with Gasteiger partial charge in [0.15, 0.2) is 0 Å². The average molecular weight is 285 g/mol. The van der Waals surface area contributed by atoms with Crippen LogP contribution in [0.2, 0.25) is 0 Å². The molecule has 0 aromatic carbocycles. The molecule has 0 heterocycles. The van der Waals surface area contributed by atoms with Crippen LogP contribution in [0.3, 0.4) is 0 Å². The van der Waals surface area contributed by atoms with Crippen molar-refractivity contribution in [3.8, 4) is 0 Å².